The Bertz CT molecular complexity index is 200. The van der Waals surface area contributed by atoms with Crippen LogP contribution in [0.3, 0.4) is 0 Å². The first-order valence-corrected chi connectivity index (χ1v) is 3.36. The first-order valence-electron chi connectivity index (χ1n) is 2.95. The summed E-state index contributed by atoms with van der Waals surface area (Å²) in [5.74, 6) is 0. The zero-order valence-corrected chi connectivity index (χ0v) is 7.46. The molecule has 0 saturated heterocycles. The third-order valence-corrected chi connectivity index (χ3v) is 2.05. The molecule has 0 atom stereocenters. The van der Waals surface area contributed by atoms with Crippen LogP contribution in [0.2, 0.25) is 0 Å². The van der Waals surface area contributed by atoms with Gasteiger partial charge in [0, 0.05) is 0 Å². The Labute approximate surface area is 79.6 Å². The van der Waals surface area contributed by atoms with Crippen molar-refractivity contribution >= 4 is 12.6 Å². The summed E-state index contributed by atoms with van der Waals surface area (Å²) in [6, 6.07) is 6.10. The molecule has 0 bridgehead atoms. The monoisotopic (exact) mass is 144 g/mol. The van der Waals surface area contributed by atoms with Crippen LogP contribution in [0.25, 0.3) is 0 Å². The Morgan fingerprint density at radius 3 is 1.80 bits per heavy atom. The van der Waals surface area contributed by atoms with Crippen molar-refractivity contribution in [3.05, 3.63) is 29.3 Å². The fourth-order valence-corrected chi connectivity index (χ4v) is 0.935. The zero-order valence-electron chi connectivity index (χ0n) is 6.64. The van der Waals surface area contributed by atoms with Crippen LogP contribution in [0.1, 0.15) is 11.1 Å². The van der Waals surface area contributed by atoms with Gasteiger partial charge in [-0.1, -0.05) is 29.3 Å². The summed E-state index contributed by atoms with van der Waals surface area (Å²) < 4.78 is 0. The van der Waals surface area contributed by atoms with Gasteiger partial charge in [-0.3, -0.25) is 0 Å². The van der Waals surface area contributed by atoms with E-state index in [1.54, 1.807) is 0 Å². The molecule has 0 spiro atoms. The van der Waals surface area contributed by atoms with Gasteiger partial charge >= 0.3 is 18.9 Å². The van der Waals surface area contributed by atoms with E-state index in [4.69, 9.17) is 12.6 Å². The molecule has 0 unspecified atom stereocenters. The number of aryl methyl sites for hydroxylation is 2. The molecule has 1 aromatic rings. The molecule has 0 heterocycles. The first-order chi connectivity index (χ1) is 4.22. The minimum absolute atomic E-state index is 0. The normalized spacial score (nSPS) is 8.60. The number of hydrogen-bond acceptors (Lipinski definition) is 1. The summed E-state index contributed by atoms with van der Waals surface area (Å²) in [5.41, 5.74) is 2.40. The fraction of sp³-hybridized carbons (Fsp3) is 0.250. The molecule has 0 aromatic heterocycles. The maximum Gasteiger partial charge on any atom is 1.00 e. The van der Waals surface area contributed by atoms with E-state index in [9.17, 15) is 0 Å². The molecule has 0 aliphatic rings. The van der Waals surface area contributed by atoms with Crippen LogP contribution in [0, 0.1) is 13.8 Å². The Kier molecular flexibility index (Phi) is 4.04. The van der Waals surface area contributed by atoms with Crippen molar-refractivity contribution in [3.63, 3.8) is 0 Å². The Balaban J connectivity index is 0.000000810. The number of hydrogen-bond donors (Lipinski definition) is 0. The summed E-state index contributed by atoms with van der Waals surface area (Å²) in [6.45, 7) is 4.07. The molecular weight excluding hydrogens is 135 g/mol. The summed E-state index contributed by atoms with van der Waals surface area (Å²) in [7, 11) is 0. The predicted molar refractivity (Wildman–Crippen MR) is 41.5 cm³/mol. The molecule has 0 radical (unpaired) electrons. The van der Waals surface area contributed by atoms with Crippen LogP contribution in [-0.4, -0.2) is 0 Å². The van der Waals surface area contributed by atoms with Gasteiger partial charge < -0.3 is 12.6 Å². The molecule has 2 heteroatoms. The molecule has 1 rings (SSSR count). The summed E-state index contributed by atoms with van der Waals surface area (Å²) >= 11 is 5.09. The average Bonchev–Trinajstić information content (AvgIpc) is 1.83. The third-order valence-electron chi connectivity index (χ3n) is 1.41. The van der Waals surface area contributed by atoms with Crippen molar-refractivity contribution in [2.75, 3.05) is 0 Å². The molecule has 0 nitrogen and oxygen atoms in total. The van der Waals surface area contributed by atoms with E-state index >= 15 is 0 Å². The summed E-state index contributed by atoms with van der Waals surface area (Å²) in [5, 5.41) is 0. The second kappa shape index (κ2) is 4.03. The van der Waals surface area contributed by atoms with Crippen molar-refractivity contribution in [2.45, 2.75) is 18.7 Å². The molecule has 0 N–H and O–H groups in total. The maximum absolute atomic E-state index is 5.09. The van der Waals surface area contributed by atoms with Crippen molar-refractivity contribution in [1.82, 2.24) is 0 Å². The average molecular weight is 144 g/mol. The molecule has 0 aliphatic carbocycles. The summed E-state index contributed by atoms with van der Waals surface area (Å²) in [4.78, 5) is 0.998. The standard InChI is InChI=1S/C8H10S.Li/c1-6-4-3-5-7(2)8(6)9;/h3-5,9H,1-2H3;/q;+1/p-1. The van der Waals surface area contributed by atoms with Gasteiger partial charge in [0.15, 0.2) is 0 Å². The van der Waals surface area contributed by atoms with Gasteiger partial charge in [-0.15, -0.1) is 0 Å². The van der Waals surface area contributed by atoms with Crippen LogP contribution < -0.4 is 18.9 Å². The zero-order chi connectivity index (χ0) is 6.85. The SMILES string of the molecule is Cc1cccc(C)c1[S-].[Li+]. The molecule has 0 aliphatic heterocycles. The third kappa shape index (κ3) is 2.02. The second-order valence-electron chi connectivity index (χ2n) is 2.22. The van der Waals surface area contributed by atoms with Crippen LogP contribution >= 0.6 is 0 Å². The van der Waals surface area contributed by atoms with E-state index in [0.717, 1.165) is 4.90 Å². The van der Waals surface area contributed by atoms with Crippen LogP contribution in [0.15, 0.2) is 23.1 Å². The van der Waals surface area contributed by atoms with Gasteiger partial charge in [0.25, 0.3) is 0 Å². The van der Waals surface area contributed by atoms with E-state index in [0.29, 0.717) is 0 Å². The largest absolute Gasteiger partial charge is 1.00 e. The van der Waals surface area contributed by atoms with Gasteiger partial charge in [-0.05, 0) is 13.8 Å². The number of benzene rings is 1. The van der Waals surface area contributed by atoms with E-state index in [2.05, 4.69) is 0 Å². The van der Waals surface area contributed by atoms with Crippen LogP contribution in [-0.2, 0) is 12.6 Å². The topological polar surface area (TPSA) is 0 Å². The van der Waals surface area contributed by atoms with E-state index in [1.165, 1.54) is 11.1 Å². The Morgan fingerprint density at radius 2 is 1.50 bits per heavy atom. The summed E-state index contributed by atoms with van der Waals surface area (Å²) in [6.07, 6.45) is 0. The maximum atomic E-state index is 5.09. The number of rotatable bonds is 0. The Morgan fingerprint density at radius 1 is 1.10 bits per heavy atom. The van der Waals surface area contributed by atoms with E-state index < -0.39 is 0 Å². The fourth-order valence-electron chi connectivity index (χ4n) is 0.799. The molecule has 0 amide bonds. The molecule has 0 fully saturated rings. The predicted octanol–water partition coefficient (Wildman–Crippen LogP) is -0.787. The smallest absolute Gasteiger partial charge is 0.779 e. The molecule has 1 aromatic carbocycles. The minimum Gasteiger partial charge on any atom is -0.779 e. The van der Waals surface area contributed by atoms with Crippen molar-refractivity contribution in [3.8, 4) is 0 Å². The Hall–Kier alpha value is 0.0374. The molecule has 48 valence electrons. The van der Waals surface area contributed by atoms with Gasteiger partial charge in [-0.25, -0.2) is 0 Å². The van der Waals surface area contributed by atoms with Crippen LogP contribution in [0.5, 0.6) is 0 Å². The minimum atomic E-state index is 0. The quantitative estimate of drug-likeness (QED) is 0.340. The van der Waals surface area contributed by atoms with Gasteiger partial charge in [-0.2, -0.15) is 4.90 Å². The molecule has 10 heavy (non-hydrogen) atoms. The molecular formula is C8H9LiS. The van der Waals surface area contributed by atoms with Crippen molar-refractivity contribution in [2.24, 2.45) is 0 Å². The van der Waals surface area contributed by atoms with Gasteiger partial charge in [0.2, 0.25) is 0 Å². The van der Waals surface area contributed by atoms with Gasteiger partial charge in [0.1, 0.15) is 0 Å². The van der Waals surface area contributed by atoms with E-state index in [1.807, 2.05) is 32.0 Å². The van der Waals surface area contributed by atoms with Crippen molar-refractivity contribution < 1.29 is 18.9 Å². The van der Waals surface area contributed by atoms with Crippen molar-refractivity contribution in [1.29, 1.82) is 0 Å². The molecule has 0 saturated carbocycles. The van der Waals surface area contributed by atoms with Gasteiger partial charge in [0.05, 0.1) is 0 Å². The van der Waals surface area contributed by atoms with E-state index in [-0.39, 0.29) is 18.9 Å². The first kappa shape index (κ1) is 10.0. The van der Waals surface area contributed by atoms with Crippen LogP contribution in [0.4, 0.5) is 0 Å². The second-order valence-corrected chi connectivity index (χ2v) is 2.63.